The first-order valence-electron chi connectivity index (χ1n) is 7.57. The Morgan fingerprint density at radius 3 is 2.85 bits per heavy atom. The molecule has 0 bridgehead atoms. The van der Waals surface area contributed by atoms with Crippen molar-refractivity contribution in [2.75, 3.05) is 5.32 Å². The van der Waals surface area contributed by atoms with Crippen molar-refractivity contribution < 1.29 is 0 Å². The minimum atomic E-state index is 0.610. The van der Waals surface area contributed by atoms with Gasteiger partial charge < -0.3 is 9.88 Å². The van der Waals surface area contributed by atoms with Gasteiger partial charge in [-0.05, 0) is 49.3 Å². The molecule has 1 aliphatic rings. The summed E-state index contributed by atoms with van der Waals surface area (Å²) >= 11 is 0. The van der Waals surface area contributed by atoms with Crippen molar-refractivity contribution in [1.29, 1.82) is 0 Å². The molecule has 3 heteroatoms. The highest BCUT2D eigenvalue weighted by Crippen LogP contribution is 2.31. The number of imidazole rings is 1. The van der Waals surface area contributed by atoms with E-state index in [1.54, 1.807) is 0 Å². The standard InChI is InChI=1S/C17H23N3/c1-13-6-7-16(10-14(13)2)19-15-4-3-5-17(11-15)20-9-8-18-12-20/h3-5,8-9,11-14,16,19H,6-7,10H2,1-2H3. The number of aromatic nitrogens is 2. The molecule has 1 aromatic carbocycles. The Balaban J connectivity index is 1.70. The fourth-order valence-corrected chi connectivity index (χ4v) is 3.08. The molecule has 0 radical (unpaired) electrons. The third-order valence-corrected chi connectivity index (χ3v) is 4.62. The number of nitrogens with one attached hydrogen (secondary N) is 1. The van der Waals surface area contributed by atoms with Crippen LogP contribution in [0.15, 0.2) is 43.0 Å². The summed E-state index contributed by atoms with van der Waals surface area (Å²) in [5, 5.41) is 3.70. The topological polar surface area (TPSA) is 29.9 Å². The van der Waals surface area contributed by atoms with E-state index in [0.29, 0.717) is 6.04 Å². The summed E-state index contributed by atoms with van der Waals surface area (Å²) in [4.78, 5) is 4.10. The van der Waals surface area contributed by atoms with E-state index in [2.05, 4.69) is 48.4 Å². The highest BCUT2D eigenvalue weighted by atomic mass is 15.0. The molecule has 1 heterocycles. The summed E-state index contributed by atoms with van der Waals surface area (Å²) in [6.45, 7) is 4.75. The Labute approximate surface area is 121 Å². The molecule has 3 atom stereocenters. The van der Waals surface area contributed by atoms with Crippen molar-refractivity contribution in [2.24, 2.45) is 11.8 Å². The second-order valence-electron chi connectivity index (χ2n) is 6.13. The zero-order chi connectivity index (χ0) is 13.9. The molecule has 1 aliphatic carbocycles. The lowest BCUT2D eigenvalue weighted by Gasteiger charge is -2.33. The highest BCUT2D eigenvalue weighted by Gasteiger charge is 2.24. The molecule has 20 heavy (non-hydrogen) atoms. The molecule has 0 saturated heterocycles. The molecule has 1 saturated carbocycles. The van der Waals surface area contributed by atoms with Crippen LogP contribution in [0.5, 0.6) is 0 Å². The fourth-order valence-electron chi connectivity index (χ4n) is 3.08. The van der Waals surface area contributed by atoms with Gasteiger partial charge in [-0.25, -0.2) is 4.98 Å². The third kappa shape index (κ3) is 2.87. The Hall–Kier alpha value is -1.77. The molecule has 1 aromatic heterocycles. The predicted octanol–water partition coefficient (Wildman–Crippen LogP) is 4.11. The van der Waals surface area contributed by atoms with Crippen molar-refractivity contribution in [1.82, 2.24) is 9.55 Å². The second-order valence-corrected chi connectivity index (χ2v) is 6.13. The molecular formula is C17H23N3. The third-order valence-electron chi connectivity index (χ3n) is 4.62. The van der Waals surface area contributed by atoms with E-state index in [1.807, 2.05) is 23.3 Å². The van der Waals surface area contributed by atoms with Gasteiger partial charge in [-0.2, -0.15) is 0 Å². The van der Waals surface area contributed by atoms with Crippen LogP contribution in [-0.4, -0.2) is 15.6 Å². The van der Waals surface area contributed by atoms with E-state index in [9.17, 15) is 0 Å². The van der Waals surface area contributed by atoms with E-state index in [0.717, 1.165) is 17.5 Å². The van der Waals surface area contributed by atoms with Crippen LogP contribution in [0.3, 0.4) is 0 Å². The number of benzene rings is 1. The smallest absolute Gasteiger partial charge is 0.0991 e. The molecule has 106 valence electrons. The summed E-state index contributed by atoms with van der Waals surface area (Å²) < 4.78 is 2.04. The first-order chi connectivity index (χ1) is 9.72. The number of nitrogens with zero attached hydrogens (tertiary/aromatic N) is 2. The number of anilines is 1. The molecular weight excluding hydrogens is 246 g/mol. The van der Waals surface area contributed by atoms with Gasteiger partial charge in [0.1, 0.15) is 0 Å². The van der Waals surface area contributed by atoms with Crippen LogP contribution in [0.25, 0.3) is 5.69 Å². The SMILES string of the molecule is CC1CCC(Nc2cccc(-n3ccnc3)c2)CC1C. The maximum absolute atomic E-state index is 4.10. The van der Waals surface area contributed by atoms with Crippen molar-refractivity contribution >= 4 is 5.69 Å². The van der Waals surface area contributed by atoms with E-state index < -0.39 is 0 Å². The minimum Gasteiger partial charge on any atom is -0.382 e. The lowest BCUT2D eigenvalue weighted by Crippen LogP contribution is -2.30. The molecule has 3 nitrogen and oxygen atoms in total. The highest BCUT2D eigenvalue weighted by molar-refractivity contribution is 5.51. The summed E-state index contributed by atoms with van der Waals surface area (Å²) in [5.74, 6) is 1.68. The van der Waals surface area contributed by atoms with Gasteiger partial charge in [0.15, 0.2) is 0 Å². The van der Waals surface area contributed by atoms with E-state index >= 15 is 0 Å². The maximum Gasteiger partial charge on any atom is 0.0991 e. The summed E-state index contributed by atoms with van der Waals surface area (Å²) in [6, 6.07) is 9.18. The lowest BCUT2D eigenvalue weighted by molar-refractivity contribution is 0.261. The maximum atomic E-state index is 4.10. The van der Waals surface area contributed by atoms with Crippen molar-refractivity contribution in [3.8, 4) is 5.69 Å². The van der Waals surface area contributed by atoms with Gasteiger partial charge in [0, 0.05) is 29.8 Å². The fraction of sp³-hybridized carbons (Fsp3) is 0.471. The number of hydrogen-bond acceptors (Lipinski definition) is 2. The van der Waals surface area contributed by atoms with E-state index in [4.69, 9.17) is 0 Å². The van der Waals surface area contributed by atoms with Crippen LogP contribution in [-0.2, 0) is 0 Å². The molecule has 3 unspecified atom stereocenters. The van der Waals surface area contributed by atoms with Gasteiger partial charge in [0.05, 0.1) is 6.33 Å². The normalized spacial score (nSPS) is 26.4. The Kier molecular flexibility index (Phi) is 3.77. The van der Waals surface area contributed by atoms with Crippen LogP contribution in [0.1, 0.15) is 33.1 Å². The van der Waals surface area contributed by atoms with Gasteiger partial charge >= 0.3 is 0 Å². The summed E-state index contributed by atoms with van der Waals surface area (Å²) in [6.07, 6.45) is 9.51. The number of hydrogen-bond donors (Lipinski definition) is 1. The zero-order valence-corrected chi connectivity index (χ0v) is 12.3. The van der Waals surface area contributed by atoms with E-state index in [-0.39, 0.29) is 0 Å². The summed E-state index contributed by atoms with van der Waals surface area (Å²) in [7, 11) is 0. The van der Waals surface area contributed by atoms with Crippen LogP contribution in [0.4, 0.5) is 5.69 Å². The van der Waals surface area contributed by atoms with Crippen LogP contribution >= 0.6 is 0 Å². The van der Waals surface area contributed by atoms with E-state index in [1.165, 1.54) is 24.9 Å². The van der Waals surface area contributed by atoms with Gasteiger partial charge in [-0.15, -0.1) is 0 Å². The monoisotopic (exact) mass is 269 g/mol. The van der Waals surface area contributed by atoms with Crippen LogP contribution in [0.2, 0.25) is 0 Å². The average molecular weight is 269 g/mol. The number of rotatable bonds is 3. The molecule has 0 spiro atoms. The first-order valence-corrected chi connectivity index (χ1v) is 7.57. The largest absolute Gasteiger partial charge is 0.382 e. The summed E-state index contributed by atoms with van der Waals surface area (Å²) in [5.41, 5.74) is 2.37. The molecule has 3 rings (SSSR count). The molecule has 0 aliphatic heterocycles. The first kappa shape index (κ1) is 13.2. The Morgan fingerprint density at radius 2 is 2.10 bits per heavy atom. The molecule has 1 fully saturated rings. The van der Waals surface area contributed by atoms with Gasteiger partial charge in [-0.1, -0.05) is 19.9 Å². The van der Waals surface area contributed by atoms with Crippen molar-refractivity contribution in [3.05, 3.63) is 43.0 Å². The van der Waals surface area contributed by atoms with Crippen molar-refractivity contribution in [2.45, 2.75) is 39.2 Å². The van der Waals surface area contributed by atoms with Gasteiger partial charge in [0.2, 0.25) is 0 Å². The molecule has 0 amide bonds. The lowest BCUT2D eigenvalue weighted by atomic mass is 9.79. The Morgan fingerprint density at radius 1 is 1.20 bits per heavy atom. The molecule has 1 N–H and O–H groups in total. The predicted molar refractivity (Wildman–Crippen MR) is 83.2 cm³/mol. The minimum absolute atomic E-state index is 0.610. The van der Waals surface area contributed by atoms with Crippen LogP contribution < -0.4 is 5.32 Å². The second kappa shape index (κ2) is 5.70. The van der Waals surface area contributed by atoms with Gasteiger partial charge in [-0.3, -0.25) is 0 Å². The Bertz CT molecular complexity index is 547. The van der Waals surface area contributed by atoms with Crippen LogP contribution in [0, 0.1) is 11.8 Å². The van der Waals surface area contributed by atoms with Crippen molar-refractivity contribution in [3.63, 3.8) is 0 Å². The van der Waals surface area contributed by atoms with Gasteiger partial charge in [0.25, 0.3) is 0 Å². The molecule has 2 aromatic rings. The quantitative estimate of drug-likeness (QED) is 0.908. The average Bonchev–Trinajstić information content (AvgIpc) is 2.97. The zero-order valence-electron chi connectivity index (χ0n) is 12.3.